The first kappa shape index (κ1) is 20.4. The zero-order valence-corrected chi connectivity index (χ0v) is 14.6. The summed E-state index contributed by atoms with van der Waals surface area (Å²) >= 11 is 2.85. The van der Waals surface area contributed by atoms with E-state index < -0.39 is 0 Å². The van der Waals surface area contributed by atoms with Crippen LogP contribution in [0.4, 0.5) is 0 Å². The van der Waals surface area contributed by atoms with Gasteiger partial charge in [-0.15, -0.1) is 0 Å². The van der Waals surface area contributed by atoms with Crippen molar-refractivity contribution in [2.75, 3.05) is 0 Å². The summed E-state index contributed by atoms with van der Waals surface area (Å²) in [5.41, 5.74) is 0. The van der Waals surface area contributed by atoms with E-state index in [0.717, 1.165) is 0 Å². The first-order valence-electron chi connectivity index (χ1n) is 6.48. The van der Waals surface area contributed by atoms with E-state index in [0.29, 0.717) is 20.7 Å². The van der Waals surface area contributed by atoms with Crippen molar-refractivity contribution in [2.45, 2.75) is 65.9 Å². The molecule has 0 aliphatic rings. The SMILES string of the molecule is CC(C)SC(=O)C(C)C.CC(C)SC(=O)C(C)C. The van der Waals surface area contributed by atoms with Gasteiger partial charge in [0.15, 0.2) is 10.2 Å². The van der Waals surface area contributed by atoms with Crippen molar-refractivity contribution in [3.63, 3.8) is 0 Å². The minimum absolute atomic E-state index is 0.178. The molecule has 0 aromatic carbocycles. The van der Waals surface area contributed by atoms with Crippen molar-refractivity contribution in [3.05, 3.63) is 0 Å². The molecule has 2 nitrogen and oxygen atoms in total. The van der Waals surface area contributed by atoms with Crippen LogP contribution in [0.5, 0.6) is 0 Å². The molecule has 108 valence electrons. The molecule has 0 unspecified atom stereocenters. The Morgan fingerprint density at radius 2 is 0.833 bits per heavy atom. The zero-order chi connectivity index (χ0) is 14.9. The lowest BCUT2D eigenvalue weighted by molar-refractivity contribution is -0.114. The Morgan fingerprint density at radius 1 is 0.611 bits per heavy atom. The maximum absolute atomic E-state index is 10.9. The van der Waals surface area contributed by atoms with Crippen LogP contribution in [-0.2, 0) is 9.59 Å². The molecule has 0 saturated carbocycles. The maximum Gasteiger partial charge on any atom is 0.191 e. The largest absolute Gasteiger partial charge is 0.287 e. The van der Waals surface area contributed by atoms with Crippen LogP contribution in [0.25, 0.3) is 0 Å². The lowest BCUT2D eigenvalue weighted by Gasteiger charge is -2.04. The number of thioether (sulfide) groups is 2. The third-order valence-electron chi connectivity index (χ3n) is 1.65. The fraction of sp³-hybridized carbons (Fsp3) is 0.857. The van der Waals surface area contributed by atoms with Crippen molar-refractivity contribution in [2.24, 2.45) is 11.8 Å². The minimum atomic E-state index is 0.178. The highest BCUT2D eigenvalue weighted by Crippen LogP contribution is 2.15. The van der Waals surface area contributed by atoms with E-state index in [9.17, 15) is 9.59 Å². The molecular weight excluding hydrogens is 264 g/mol. The molecule has 0 fully saturated rings. The van der Waals surface area contributed by atoms with Gasteiger partial charge in [0.2, 0.25) is 0 Å². The molecule has 0 aliphatic carbocycles. The predicted octanol–water partition coefficient (Wildman–Crippen LogP) is 4.62. The average Bonchev–Trinajstić information content (AvgIpc) is 2.16. The highest BCUT2D eigenvalue weighted by Gasteiger charge is 2.09. The topological polar surface area (TPSA) is 34.1 Å². The molecular formula is C14H28O2S2. The van der Waals surface area contributed by atoms with Gasteiger partial charge < -0.3 is 0 Å². The van der Waals surface area contributed by atoms with Crippen LogP contribution in [0.2, 0.25) is 0 Å². The summed E-state index contributed by atoms with van der Waals surface area (Å²) in [5.74, 6) is 0.356. The Morgan fingerprint density at radius 3 is 0.889 bits per heavy atom. The molecule has 0 bridgehead atoms. The number of carbonyl (C=O) groups excluding carboxylic acids is 2. The number of carbonyl (C=O) groups is 2. The molecule has 4 heteroatoms. The van der Waals surface area contributed by atoms with E-state index >= 15 is 0 Å². The van der Waals surface area contributed by atoms with Crippen molar-refractivity contribution in [1.82, 2.24) is 0 Å². The third kappa shape index (κ3) is 14.1. The standard InChI is InChI=1S/2C7H14OS/c2*1-5(2)7(8)9-6(3)4/h2*5-6H,1-4H3. The molecule has 18 heavy (non-hydrogen) atoms. The van der Waals surface area contributed by atoms with Gasteiger partial charge in [-0.25, -0.2) is 0 Å². The normalized spacial score (nSPS) is 10.9. The van der Waals surface area contributed by atoms with Crippen molar-refractivity contribution in [1.29, 1.82) is 0 Å². The first-order valence-corrected chi connectivity index (χ1v) is 8.24. The third-order valence-corrected chi connectivity index (χ3v) is 4.00. The van der Waals surface area contributed by atoms with Crippen molar-refractivity contribution in [3.8, 4) is 0 Å². The number of hydrogen-bond donors (Lipinski definition) is 0. The predicted molar refractivity (Wildman–Crippen MR) is 85.1 cm³/mol. The van der Waals surface area contributed by atoms with Gasteiger partial charge in [0.05, 0.1) is 0 Å². The summed E-state index contributed by atoms with van der Waals surface area (Å²) in [6, 6.07) is 0. The zero-order valence-electron chi connectivity index (χ0n) is 12.9. The lowest BCUT2D eigenvalue weighted by Crippen LogP contribution is -2.04. The summed E-state index contributed by atoms with van der Waals surface area (Å²) in [6.45, 7) is 15.8. The molecule has 0 aliphatic heterocycles. The van der Waals surface area contributed by atoms with Crippen LogP contribution >= 0.6 is 23.5 Å². The van der Waals surface area contributed by atoms with Gasteiger partial charge in [-0.2, -0.15) is 0 Å². The second kappa shape index (κ2) is 10.9. The highest BCUT2D eigenvalue weighted by atomic mass is 32.2. The van der Waals surface area contributed by atoms with E-state index in [1.165, 1.54) is 23.5 Å². The monoisotopic (exact) mass is 292 g/mol. The van der Waals surface area contributed by atoms with E-state index in [4.69, 9.17) is 0 Å². The first-order chi connectivity index (χ1) is 8.07. The summed E-state index contributed by atoms with van der Waals surface area (Å²) < 4.78 is 0. The Bertz CT molecular complexity index is 220. The fourth-order valence-electron chi connectivity index (χ4n) is 0.737. The van der Waals surface area contributed by atoms with Crippen molar-refractivity contribution >= 4 is 33.8 Å². The van der Waals surface area contributed by atoms with E-state index in [1.807, 2.05) is 55.4 Å². The lowest BCUT2D eigenvalue weighted by atomic mass is 10.3. The highest BCUT2D eigenvalue weighted by molar-refractivity contribution is 8.14. The van der Waals surface area contributed by atoms with Gasteiger partial charge in [0.25, 0.3) is 0 Å². The average molecular weight is 293 g/mol. The van der Waals surface area contributed by atoms with Gasteiger partial charge in [0, 0.05) is 22.3 Å². The Labute approximate surface area is 121 Å². The van der Waals surface area contributed by atoms with Gasteiger partial charge in [0.1, 0.15) is 0 Å². The van der Waals surface area contributed by atoms with E-state index in [-0.39, 0.29) is 11.8 Å². The molecule has 0 heterocycles. The van der Waals surface area contributed by atoms with E-state index in [1.54, 1.807) is 0 Å². The quantitative estimate of drug-likeness (QED) is 0.757. The van der Waals surface area contributed by atoms with Crippen LogP contribution in [0.15, 0.2) is 0 Å². The van der Waals surface area contributed by atoms with E-state index in [2.05, 4.69) is 0 Å². The molecule has 0 spiro atoms. The van der Waals surface area contributed by atoms with Crippen molar-refractivity contribution < 1.29 is 9.59 Å². The summed E-state index contributed by atoms with van der Waals surface area (Å²) in [7, 11) is 0. The van der Waals surface area contributed by atoms with Crippen LogP contribution in [0, 0.1) is 11.8 Å². The maximum atomic E-state index is 10.9. The second-order valence-corrected chi connectivity index (χ2v) is 8.44. The summed E-state index contributed by atoms with van der Waals surface area (Å²) in [5, 5.41) is 1.45. The van der Waals surface area contributed by atoms with Crippen LogP contribution in [0.1, 0.15) is 55.4 Å². The molecule has 0 atom stereocenters. The van der Waals surface area contributed by atoms with Gasteiger partial charge in [-0.3, -0.25) is 9.59 Å². The molecule has 0 aromatic rings. The summed E-state index contributed by atoms with van der Waals surface area (Å²) in [4.78, 5) is 21.8. The molecule has 0 aromatic heterocycles. The number of rotatable bonds is 4. The van der Waals surface area contributed by atoms with Gasteiger partial charge in [-0.05, 0) is 0 Å². The Balaban J connectivity index is 0. The molecule has 0 N–H and O–H groups in total. The second-order valence-electron chi connectivity index (χ2n) is 5.28. The Kier molecular flexibility index (Phi) is 12.3. The Hall–Kier alpha value is 0.0400. The molecule has 0 radical (unpaired) electrons. The van der Waals surface area contributed by atoms with Crippen LogP contribution in [-0.4, -0.2) is 20.7 Å². The smallest absolute Gasteiger partial charge is 0.191 e. The van der Waals surface area contributed by atoms with Gasteiger partial charge >= 0.3 is 0 Å². The molecule has 0 rings (SSSR count). The number of hydrogen-bond acceptors (Lipinski definition) is 4. The van der Waals surface area contributed by atoms with Gasteiger partial charge in [-0.1, -0.05) is 78.9 Å². The van der Waals surface area contributed by atoms with Crippen LogP contribution in [0.3, 0.4) is 0 Å². The fourth-order valence-corrected chi connectivity index (χ4v) is 2.21. The molecule has 0 saturated heterocycles. The van der Waals surface area contributed by atoms with Crippen LogP contribution < -0.4 is 0 Å². The summed E-state index contributed by atoms with van der Waals surface area (Å²) in [6.07, 6.45) is 0. The minimum Gasteiger partial charge on any atom is -0.287 e. The molecule has 0 amide bonds.